The van der Waals surface area contributed by atoms with Gasteiger partial charge in [-0.3, -0.25) is 4.79 Å². The molecular weight excluding hydrogens is 416 g/mol. The molecule has 0 spiro atoms. The van der Waals surface area contributed by atoms with E-state index >= 15 is 0 Å². The van der Waals surface area contributed by atoms with Gasteiger partial charge in [-0.2, -0.15) is 0 Å². The zero-order valence-electron chi connectivity index (χ0n) is 20.0. The standard InChI is InChI=1S/C26H34N4O3/c1-5-29(6-2)15-10-16-30(26(32)27-22-13-7-8-14-23(22)33-4)18-21-17-20-12-9-11-19(3)24(20)28-25(21)31/h7-9,11-14,17H,5-6,10,15-16,18H2,1-4H3,(H,27,32)(H,28,31). The molecule has 0 unspecified atom stereocenters. The number of urea groups is 1. The predicted octanol–water partition coefficient (Wildman–Crippen LogP) is 4.61. The number of methoxy groups -OCH3 is 1. The van der Waals surface area contributed by atoms with E-state index in [1.807, 2.05) is 43.3 Å². The second kappa shape index (κ2) is 11.5. The first-order chi connectivity index (χ1) is 16.0. The number of ether oxygens (including phenoxy) is 1. The molecule has 7 nitrogen and oxygen atoms in total. The number of para-hydroxylation sites is 3. The molecular formula is C26H34N4O3. The lowest BCUT2D eigenvalue weighted by atomic mass is 10.1. The van der Waals surface area contributed by atoms with E-state index in [1.54, 1.807) is 24.1 Å². The molecule has 1 aromatic heterocycles. The average Bonchev–Trinajstić information content (AvgIpc) is 2.82. The summed E-state index contributed by atoms with van der Waals surface area (Å²) < 4.78 is 5.37. The molecule has 3 rings (SSSR count). The molecule has 33 heavy (non-hydrogen) atoms. The zero-order chi connectivity index (χ0) is 23.8. The van der Waals surface area contributed by atoms with Crippen LogP contribution in [0.2, 0.25) is 0 Å². The third kappa shape index (κ3) is 6.14. The lowest BCUT2D eigenvalue weighted by Crippen LogP contribution is -2.38. The average molecular weight is 451 g/mol. The number of anilines is 1. The number of pyridine rings is 1. The normalized spacial score (nSPS) is 11.1. The number of rotatable bonds is 10. The van der Waals surface area contributed by atoms with Crippen molar-refractivity contribution in [2.45, 2.75) is 33.7 Å². The summed E-state index contributed by atoms with van der Waals surface area (Å²) in [5.41, 5.74) is 2.84. The molecule has 0 aliphatic carbocycles. The van der Waals surface area contributed by atoms with Crippen molar-refractivity contribution in [3.63, 3.8) is 0 Å². The highest BCUT2D eigenvalue weighted by Crippen LogP contribution is 2.24. The number of aromatic amines is 1. The fraction of sp³-hybridized carbons (Fsp3) is 0.385. The number of nitrogens with one attached hydrogen (secondary N) is 2. The minimum absolute atomic E-state index is 0.171. The van der Waals surface area contributed by atoms with Crippen molar-refractivity contribution < 1.29 is 9.53 Å². The van der Waals surface area contributed by atoms with Crippen LogP contribution in [0.25, 0.3) is 10.9 Å². The summed E-state index contributed by atoms with van der Waals surface area (Å²) >= 11 is 0. The van der Waals surface area contributed by atoms with Crippen LogP contribution in [0.3, 0.4) is 0 Å². The molecule has 176 valence electrons. The topological polar surface area (TPSA) is 77.7 Å². The Balaban J connectivity index is 1.85. The van der Waals surface area contributed by atoms with Crippen molar-refractivity contribution in [2.75, 3.05) is 38.6 Å². The van der Waals surface area contributed by atoms with Gasteiger partial charge >= 0.3 is 6.03 Å². The van der Waals surface area contributed by atoms with Gasteiger partial charge in [0.1, 0.15) is 5.75 Å². The maximum Gasteiger partial charge on any atom is 0.322 e. The van der Waals surface area contributed by atoms with Gasteiger partial charge in [0.15, 0.2) is 0 Å². The Morgan fingerprint density at radius 1 is 1.06 bits per heavy atom. The van der Waals surface area contributed by atoms with Crippen LogP contribution in [0, 0.1) is 6.92 Å². The van der Waals surface area contributed by atoms with E-state index in [0.717, 1.165) is 42.5 Å². The van der Waals surface area contributed by atoms with Gasteiger partial charge in [0, 0.05) is 12.1 Å². The van der Waals surface area contributed by atoms with E-state index < -0.39 is 0 Å². The van der Waals surface area contributed by atoms with Crippen molar-refractivity contribution in [1.82, 2.24) is 14.8 Å². The van der Waals surface area contributed by atoms with Crippen LogP contribution in [-0.4, -0.2) is 54.1 Å². The Kier molecular flexibility index (Phi) is 8.49. The van der Waals surface area contributed by atoms with Gasteiger partial charge in [0.2, 0.25) is 0 Å². The smallest absolute Gasteiger partial charge is 0.322 e. The first-order valence-corrected chi connectivity index (χ1v) is 11.5. The summed E-state index contributed by atoms with van der Waals surface area (Å²) in [6, 6.07) is 14.8. The van der Waals surface area contributed by atoms with Crippen LogP contribution in [0.4, 0.5) is 10.5 Å². The second-order valence-electron chi connectivity index (χ2n) is 8.10. The first kappa shape index (κ1) is 24.3. The number of amides is 2. The van der Waals surface area contributed by atoms with E-state index in [9.17, 15) is 9.59 Å². The number of benzene rings is 2. The maximum atomic E-state index is 13.3. The van der Waals surface area contributed by atoms with Crippen molar-refractivity contribution in [1.29, 1.82) is 0 Å². The molecule has 2 aromatic carbocycles. The molecule has 2 amide bonds. The molecule has 0 atom stereocenters. The summed E-state index contributed by atoms with van der Waals surface area (Å²) in [6.45, 7) is 9.80. The summed E-state index contributed by atoms with van der Waals surface area (Å²) in [5.74, 6) is 0.591. The number of carbonyl (C=O) groups excluding carboxylic acids is 1. The van der Waals surface area contributed by atoms with Gasteiger partial charge in [-0.15, -0.1) is 0 Å². The second-order valence-corrected chi connectivity index (χ2v) is 8.10. The first-order valence-electron chi connectivity index (χ1n) is 11.5. The molecule has 0 saturated heterocycles. The van der Waals surface area contributed by atoms with Gasteiger partial charge in [0.25, 0.3) is 5.56 Å². The molecule has 0 fully saturated rings. The Morgan fingerprint density at radius 2 is 1.82 bits per heavy atom. The molecule has 0 saturated carbocycles. The number of nitrogens with zero attached hydrogens (tertiary/aromatic N) is 2. The highest BCUT2D eigenvalue weighted by atomic mass is 16.5. The number of hydrogen-bond acceptors (Lipinski definition) is 4. The minimum atomic E-state index is -0.261. The molecule has 0 aliphatic rings. The SMILES string of the molecule is CCN(CC)CCCN(Cc1cc2cccc(C)c2[nH]c1=O)C(=O)Nc1ccccc1OC. The number of aromatic nitrogens is 1. The molecule has 2 N–H and O–H groups in total. The van der Waals surface area contributed by atoms with Gasteiger partial charge in [-0.25, -0.2) is 4.79 Å². The number of hydrogen-bond donors (Lipinski definition) is 2. The lowest BCUT2D eigenvalue weighted by Gasteiger charge is -2.25. The van der Waals surface area contributed by atoms with Crippen LogP contribution in [0.5, 0.6) is 5.75 Å². The quantitative estimate of drug-likeness (QED) is 0.473. The van der Waals surface area contributed by atoms with Gasteiger partial charge in [0.05, 0.1) is 24.9 Å². The van der Waals surface area contributed by atoms with Crippen LogP contribution < -0.4 is 15.6 Å². The van der Waals surface area contributed by atoms with E-state index in [-0.39, 0.29) is 18.1 Å². The van der Waals surface area contributed by atoms with Crippen molar-refractivity contribution in [3.05, 3.63) is 70.0 Å². The predicted molar refractivity (Wildman–Crippen MR) is 134 cm³/mol. The molecule has 1 heterocycles. The summed E-state index contributed by atoms with van der Waals surface area (Å²) in [6.07, 6.45) is 0.811. The Hall–Kier alpha value is -3.32. The Labute approximate surface area is 195 Å². The largest absolute Gasteiger partial charge is 0.495 e. The number of fused-ring (bicyclic) bond motifs is 1. The highest BCUT2D eigenvalue weighted by molar-refractivity contribution is 5.91. The van der Waals surface area contributed by atoms with Crippen LogP contribution >= 0.6 is 0 Å². The van der Waals surface area contributed by atoms with Gasteiger partial charge < -0.3 is 24.8 Å². The Bertz CT molecular complexity index is 1140. The fourth-order valence-electron chi connectivity index (χ4n) is 3.97. The summed E-state index contributed by atoms with van der Waals surface area (Å²) in [7, 11) is 1.57. The molecule has 7 heteroatoms. The summed E-state index contributed by atoms with van der Waals surface area (Å²) in [4.78, 5) is 33.1. The van der Waals surface area contributed by atoms with Gasteiger partial charge in [-0.1, -0.05) is 44.2 Å². The number of aryl methyl sites for hydroxylation is 1. The third-order valence-electron chi connectivity index (χ3n) is 5.96. The monoisotopic (exact) mass is 450 g/mol. The van der Waals surface area contributed by atoms with E-state index in [1.165, 1.54) is 0 Å². The lowest BCUT2D eigenvalue weighted by molar-refractivity contribution is 0.202. The zero-order valence-corrected chi connectivity index (χ0v) is 20.0. The fourth-order valence-corrected chi connectivity index (χ4v) is 3.97. The minimum Gasteiger partial charge on any atom is -0.495 e. The van der Waals surface area contributed by atoms with Crippen LogP contribution in [0.15, 0.2) is 53.3 Å². The highest BCUT2D eigenvalue weighted by Gasteiger charge is 2.18. The molecule has 0 radical (unpaired) electrons. The third-order valence-corrected chi connectivity index (χ3v) is 5.96. The van der Waals surface area contributed by atoms with Crippen molar-refractivity contribution in [2.24, 2.45) is 0 Å². The molecule has 0 aliphatic heterocycles. The maximum absolute atomic E-state index is 13.3. The number of H-pyrrole nitrogens is 1. The Morgan fingerprint density at radius 3 is 2.55 bits per heavy atom. The summed E-state index contributed by atoms with van der Waals surface area (Å²) in [5, 5.41) is 3.91. The van der Waals surface area contributed by atoms with E-state index in [2.05, 4.69) is 29.0 Å². The van der Waals surface area contributed by atoms with E-state index in [0.29, 0.717) is 23.5 Å². The van der Waals surface area contributed by atoms with Crippen LogP contribution in [-0.2, 0) is 6.54 Å². The van der Waals surface area contributed by atoms with E-state index in [4.69, 9.17) is 4.74 Å². The van der Waals surface area contributed by atoms with Crippen molar-refractivity contribution >= 4 is 22.6 Å². The molecule has 3 aromatic rings. The van der Waals surface area contributed by atoms with Crippen LogP contribution in [0.1, 0.15) is 31.4 Å². The van der Waals surface area contributed by atoms with Crippen molar-refractivity contribution in [3.8, 4) is 5.75 Å². The number of carbonyl (C=O) groups is 1. The molecule has 0 bridgehead atoms. The van der Waals surface area contributed by atoms with Gasteiger partial charge in [-0.05, 0) is 62.1 Å².